The molecular formula is C17H25N3O4S. The Morgan fingerprint density at radius 2 is 1.92 bits per heavy atom. The molecule has 0 aromatic heterocycles. The van der Waals surface area contributed by atoms with Gasteiger partial charge in [-0.1, -0.05) is 12.7 Å². The van der Waals surface area contributed by atoms with Gasteiger partial charge < -0.3 is 10.1 Å². The molecule has 1 amide bonds. The van der Waals surface area contributed by atoms with Crippen molar-refractivity contribution in [3.63, 3.8) is 0 Å². The quantitative estimate of drug-likeness (QED) is 0.744. The highest BCUT2D eigenvalue weighted by molar-refractivity contribution is 7.86. The summed E-state index contributed by atoms with van der Waals surface area (Å²) in [6.07, 6.45) is 2.69. The fraction of sp³-hybridized carbons (Fsp3) is 0.471. The van der Waals surface area contributed by atoms with Crippen LogP contribution in [-0.2, 0) is 15.0 Å². The summed E-state index contributed by atoms with van der Waals surface area (Å²) in [6.45, 7) is 4.73. The van der Waals surface area contributed by atoms with E-state index in [9.17, 15) is 13.2 Å². The number of rotatable bonds is 7. The van der Waals surface area contributed by atoms with E-state index in [4.69, 9.17) is 4.74 Å². The first-order chi connectivity index (χ1) is 11.8. The van der Waals surface area contributed by atoms with Crippen LogP contribution in [0.5, 0.6) is 5.75 Å². The molecule has 0 spiro atoms. The Hall–Kier alpha value is -1.90. The van der Waals surface area contributed by atoms with Gasteiger partial charge in [-0.2, -0.15) is 17.0 Å². The molecule has 0 aliphatic carbocycles. The fourth-order valence-corrected chi connectivity index (χ4v) is 3.75. The molecular weight excluding hydrogens is 342 g/mol. The van der Waals surface area contributed by atoms with Gasteiger partial charge in [0.2, 0.25) is 5.91 Å². The third-order valence-electron chi connectivity index (χ3n) is 4.10. The molecule has 1 aromatic carbocycles. The summed E-state index contributed by atoms with van der Waals surface area (Å²) in [5.74, 6) is 0.437. The van der Waals surface area contributed by atoms with E-state index in [0.29, 0.717) is 44.0 Å². The molecule has 7 nitrogen and oxygen atoms in total. The van der Waals surface area contributed by atoms with Gasteiger partial charge in [-0.25, -0.2) is 0 Å². The molecule has 1 fully saturated rings. The zero-order valence-electron chi connectivity index (χ0n) is 14.6. The standard InChI is InChI=1S/C17H25N3O4S/c1-4-13-24-16-7-5-15(6-8-16)18-17(21)14-9-11-20(12-10-14)25(22,23)19(2)3/h4-8,14H,1,9-13H2,2-3H3,(H,18,21). The number of amides is 1. The van der Waals surface area contributed by atoms with Crippen molar-refractivity contribution >= 4 is 21.8 Å². The number of carbonyl (C=O) groups excluding carboxylic acids is 1. The van der Waals surface area contributed by atoms with Crippen LogP contribution in [0.4, 0.5) is 5.69 Å². The normalized spacial score (nSPS) is 16.6. The Bertz CT molecular complexity index is 693. The van der Waals surface area contributed by atoms with Gasteiger partial charge in [0.15, 0.2) is 0 Å². The lowest BCUT2D eigenvalue weighted by Crippen LogP contribution is -2.46. The Morgan fingerprint density at radius 1 is 1.32 bits per heavy atom. The lowest BCUT2D eigenvalue weighted by Gasteiger charge is -2.32. The second-order valence-electron chi connectivity index (χ2n) is 6.08. The van der Waals surface area contributed by atoms with Crippen molar-refractivity contribution in [3.05, 3.63) is 36.9 Å². The second kappa shape index (κ2) is 8.46. The van der Waals surface area contributed by atoms with Crippen LogP contribution in [-0.4, -0.2) is 56.7 Å². The molecule has 0 unspecified atom stereocenters. The van der Waals surface area contributed by atoms with E-state index in [0.717, 1.165) is 0 Å². The van der Waals surface area contributed by atoms with Crippen LogP contribution >= 0.6 is 0 Å². The number of nitrogens with one attached hydrogen (secondary N) is 1. The summed E-state index contributed by atoms with van der Waals surface area (Å²) in [4.78, 5) is 12.4. The second-order valence-corrected chi connectivity index (χ2v) is 8.22. The topological polar surface area (TPSA) is 79.0 Å². The lowest BCUT2D eigenvalue weighted by atomic mass is 9.97. The average molecular weight is 367 g/mol. The van der Waals surface area contributed by atoms with E-state index in [2.05, 4.69) is 11.9 Å². The monoisotopic (exact) mass is 367 g/mol. The number of carbonyl (C=O) groups is 1. The van der Waals surface area contributed by atoms with E-state index in [-0.39, 0.29) is 11.8 Å². The van der Waals surface area contributed by atoms with Crippen LogP contribution in [0.3, 0.4) is 0 Å². The molecule has 0 atom stereocenters. The van der Waals surface area contributed by atoms with E-state index in [1.165, 1.54) is 22.7 Å². The SMILES string of the molecule is C=CCOc1ccc(NC(=O)C2CCN(S(=O)(=O)N(C)C)CC2)cc1. The third kappa shape index (κ3) is 5.04. The molecule has 0 radical (unpaired) electrons. The molecule has 0 bridgehead atoms. The van der Waals surface area contributed by atoms with Gasteiger partial charge >= 0.3 is 0 Å². The number of piperidine rings is 1. The first-order valence-electron chi connectivity index (χ1n) is 8.17. The van der Waals surface area contributed by atoms with Crippen molar-refractivity contribution in [1.29, 1.82) is 0 Å². The smallest absolute Gasteiger partial charge is 0.281 e. The predicted octanol–water partition coefficient (Wildman–Crippen LogP) is 1.71. The van der Waals surface area contributed by atoms with Crippen LogP contribution in [0, 0.1) is 5.92 Å². The predicted molar refractivity (Wildman–Crippen MR) is 97.7 cm³/mol. The summed E-state index contributed by atoms with van der Waals surface area (Å²) in [5.41, 5.74) is 0.694. The average Bonchev–Trinajstić information content (AvgIpc) is 2.61. The molecule has 8 heteroatoms. The van der Waals surface area contributed by atoms with Crippen molar-refractivity contribution in [2.24, 2.45) is 5.92 Å². The van der Waals surface area contributed by atoms with Gasteiger partial charge in [0.25, 0.3) is 10.2 Å². The Morgan fingerprint density at radius 3 is 2.44 bits per heavy atom. The highest BCUT2D eigenvalue weighted by Crippen LogP contribution is 2.23. The number of hydrogen-bond donors (Lipinski definition) is 1. The van der Waals surface area contributed by atoms with E-state index >= 15 is 0 Å². The van der Waals surface area contributed by atoms with Crippen molar-refractivity contribution in [2.75, 3.05) is 39.1 Å². The molecule has 1 heterocycles. The van der Waals surface area contributed by atoms with Gasteiger partial charge in [0.05, 0.1) is 0 Å². The largest absolute Gasteiger partial charge is 0.490 e. The maximum atomic E-state index is 12.4. The number of ether oxygens (including phenoxy) is 1. The number of benzene rings is 1. The first-order valence-corrected chi connectivity index (χ1v) is 9.56. The van der Waals surface area contributed by atoms with Crippen molar-refractivity contribution in [3.8, 4) is 5.75 Å². The van der Waals surface area contributed by atoms with E-state index in [1.54, 1.807) is 30.3 Å². The Balaban J connectivity index is 1.87. The first kappa shape index (κ1) is 19.4. The lowest BCUT2D eigenvalue weighted by molar-refractivity contribution is -0.120. The van der Waals surface area contributed by atoms with Gasteiger partial charge in [-0.15, -0.1) is 0 Å². The van der Waals surface area contributed by atoms with E-state index in [1.807, 2.05) is 0 Å². The summed E-state index contributed by atoms with van der Waals surface area (Å²) in [6, 6.07) is 7.13. The summed E-state index contributed by atoms with van der Waals surface area (Å²) < 4.78 is 32.2. The molecule has 1 aliphatic heterocycles. The number of anilines is 1. The van der Waals surface area contributed by atoms with Gasteiger partial charge in [-0.05, 0) is 37.1 Å². The van der Waals surface area contributed by atoms with E-state index < -0.39 is 10.2 Å². The maximum Gasteiger partial charge on any atom is 0.281 e. The fourth-order valence-electron chi connectivity index (χ4n) is 2.61. The van der Waals surface area contributed by atoms with Crippen molar-refractivity contribution in [2.45, 2.75) is 12.8 Å². The zero-order valence-corrected chi connectivity index (χ0v) is 15.5. The van der Waals surface area contributed by atoms with Crippen LogP contribution < -0.4 is 10.1 Å². The number of hydrogen-bond acceptors (Lipinski definition) is 4. The molecule has 1 N–H and O–H groups in total. The molecule has 25 heavy (non-hydrogen) atoms. The Kier molecular flexibility index (Phi) is 6.57. The Labute approximate surface area is 149 Å². The van der Waals surface area contributed by atoms with Crippen molar-refractivity contribution < 1.29 is 17.9 Å². The molecule has 1 aromatic rings. The number of nitrogens with zero attached hydrogens (tertiary/aromatic N) is 2. The maximum absolute atomic E-state index is 12.4. The van der Waals surface area contributed by atoms with Crippen LogP contribution in [0.2, 0.25) is 0 Å². The minimum absolute atomic E-state index is 0.0818. The highest BCUT2D eigenvalue weighted by Gasteiger charge is 2.32. The molecule has 138 valence electrons. The van der Waals surface area contributed by atoms with Gasteiger partial charge in [0, 0.05) is 38.8 Å². The molecule has 0 saturated carbocycles. The van der Waals surface area contributed by atoms with Gasteiger partial charge in [-0.3, -0.25) is 4.79 Å². The van der Waals surface area contributed by atoms with Crippen LogP contribution in [0.1, 0.15) is 12.8 Å². The summed E-state index contributed by atoms with van der Waals surface area (Å²) >= 11 is 0. The highest BCUT2D eigenvalue weighted by atomic mass is 32.2. The van der Waals surface area contributed by atoms with Crippen LogP contribution in [0.15, 0.2) is 36.9 Å². The summed E-state index contributed by atoms with van der Waals surface area (Å²) in [5, 5.41) is 2.88. The summed E-state index contributed by atoms with van der Waals surface area (Å²) in [7, 11) is -0.385. The molecule has 1 aliphatic rings. The van der Waals surface area contributed by atoms with Crippen molar-refractivity contribution in [1.82, 2.24) is 8.61 Å². The minimum Gasteiger partial charge on any atom is -0.490 e. The third-order valence-corrected chi connectivity index (χ3v) is 6.04. The molecule has 2 rings (SSSR count). The zero-order chi connectivity index (χ0) is 18.4. The molecule has 1 saturated heterocycles. The van der Waals surface area contributed by atoms with Gasteiger partial charge in [0.1, 0.15) is 12.4 Å². The van der Waals surface area contributed by atoms with Crippen LogP contribution in [0.25, 0.3) is 0 Å². The minimum atomic E-state index is -3.41.